The van der Waals surface area contributed by atoms with E-state index in [-0.39, 0.29) is 5.63 Å². The molecule has 3 rings (SSSR count). The molecular formula is C16H10Cl2O2. The van der Waals surface area contributed by atoms with E-state index in [2.05, 4.69) is 0 Å². The Bertz CT molecular complexity index is 849. The highest BCUT2D eigenvalue weighted by atomic mass is 35.5. The molecule has 1 heterocycles. The van der Waals surface area contributed by atoms with Crippen LogP contribution in [-0.2, 0) is 0 Å². The molecule has 2 aromatic carbocycles. The van der Waals surface area contributed by atoms with Crippen LogP contribution in [0.3, 0.4) is 0 Å². The first-order valence-corrected chi connectivity index (χ1v) is 6.81. The topological polar surface area (TPSA) is 30.2 Å². The summed E-state index contributed by atoms with van der Waals surface area (Å²) in [4.78, 5) is 12.2. The van der Waals surface area contributed by atoms with Crippen molar-refractivity contribution >= 4 is 34.2 Å². The molecule has 1 aromatic heterocycles. The maximum Gasteiger partial charge on any atom is 0.344 e. The van der Waals surface area contributed by atoms with Gasteiger partial charge in [0, 0.05) is 15.4 Å². The van der Waals surface area contributed by atoms with Gasteiger partial charge >= 0.3 is 5.63 Å². The van der Waals surface area contributed by atoms with Crippen LogP contribution in [-0.4, -0.2) is 0 Å². The first-order valence-electron chi connectivity index (χ1n) is 6.05. The van der Waals surface area contributed by atoms with Crippen LogP contribution in [0.1, 0.15) is 5.56 Å². The highest BCUT2D eigenvalue weighted by molar-refractivity contribution is 6.31. The number of fused-ring (bicyclic) bond motifs is 1. The zero-order valence-electron chi connectivity index (χ0n) is 10.6. The van der Waals surface area contributed by atoms with Gasteiger partial charge < -0.3 is 4.42 Å². The lowest BCUT2D eigenvalue weighted by Gasteiger charge is -2.08. The van der Waals surface area contributed by atoms with Gasteiger partial charge in [-0.15, -0.1) is 0 Å². The van der Waals surface area contributed by atoms with Gasteiger partial charge in [-0.25, -0.2) is 4.79 Å². The van der Waals surface area contributed by atoms with Crippen molar-refractivity contribution in [2.24, 2.45) is 0 Å². The van der Waals surface area contributed by atoms with Gasteiger partial charge in [0.15, 0.2) is 0 Å². The second-order valence-corrected chi connectivity index (χ2v) is 5.41. The molecule has 0 saturated carbocycles. The lowest BCUT2D eigenvalue weighted by Crippen LogP contribution is -2.05. The fraction of sp³-hybridized carbons (Fsp3) is 0.0625. The van der Waals surface area contributed by atoms with E-state index < -0.39 is 0 Å². The van der Waals surface area contributed by atoms with Crippen LogP contribution >= 0.6 is 23.2 Å². The summed E-state index contributed by atoms with van der Waals surface area (Å²) in [6.45, 7) is 1.89. The molecule has 0 aliphatic heterocycles. The molecule has 0 radical (unpaired) electrons. The lowest BCUT2D eigenvalue weighted by molar-refractivity contribution is 0.562. The molecule has 0 bridgehead atoms. The van der Waals surface area contributed by atoms with E-state index in [0.717, 1.165) is 16.5 Å². The van der Waals surface area contributed by atoms with Crippen LogP contribution < -0.4 is 5.63 Å². The summed E-state index contributed by atoms with van der Waals surface area (Å²) in [6.07, 6.45) is 0. The quantitative estimate of drug-likeness (QED) is 0.587. The first-order chi connectivity index (χ1) is 9.56. The highest BCUT2D eigenvalue weighted by Crippen LogP contribution is 2.29. The minimum atomic E-state index is -0.361. The van der Waals surface area contributed by atoms with Gasteiger partial charge in [0.1, 0.15) is 5.58 Å². The van der Waals surface area contributed by atoms with Gasteiger partial charge in [0.05, 0.1) is 5.56 Å². The van der Waals surface area contributed by atoms with E-state index in [4.69, 9.17) is 27.6 Å². The summed E-state index contributed by atoms with van der Waals surface area (Å²) >= 11 is 11.9. The molecule has 20 heavy (non-hydrogen) atoms. The number of aryl methyl sites for hydroxylation is 1. The Morgan fingerprint density at radius 2 is 1.60 bits per heavy atom. The van der Waals surface area contributed by atoms with Crippen molar-refractivity contribution in [2.45, 2.75) is 6.92 Å². The van der Waals surface area contributed by atoms with Gasteiger partial charge in [-0.3, -0.25) is 0 Å². The minimum Gasteiger partial charge on any atom is -0.422 e. The zero-order valence-corrected chi connectivity index (χ0v) is 12.1. The molecule has 0 aliphatic rings. The van der Waals surface area contributed by atoms with E-state index in [9.17, 15) is 4.79 Å². The van der Waals surface area contributed by atoms with Crippen LogP contribution in [0.4, 0.5) is 0 Å². The first kappa shape index (κ1) is 13.2. The largest absolute Gasteiger partial charge is 0.422 e. The summed E-state index contributed by atoms with van der Waals surface area (Å²) in [5.41, 5.74) is 2.34. The molecule has 0 spiro atoms. The minimum absolute atomic E-state index is 0.361. The number of halogens is 2. The molecule has 0 fully saturated rings. The van der Waals surface area contributed by atoms with Crippen molar-refractivity contribution in [2.75, 3.05) is 0 Å². The van der Waals surface area contributed by atoms with Crippen LogP contribution in [0, 0.1) is 6.92 Å². The maximum atomic E-state index is 12.2. The number of rotatable bonds is 1. The van der Waals surface area contributed by atoms with E-state index in [1.165, 1.54) is 0 Å². The van der Waals surface area contributed by atoms with Gasteiger partial charge in [0.25, 0.3) is 0 Å². The smallest absolute Gasteiger partial charge is 0.344 e. The summed E-state index contributed by atoms with van der Waals surface area (Å²) in [7, 11) is 0. The van der Waals surface area contributed by atoms with Gasteiger partial charge in [-0.1, -0.05) is 35.3 Å². The van der Waals surface area contributed by atoms with Crippen LogP contribution in [0.2, 0.25) is 10.0 Å². The molecule has 0 amide bonds. The van der Waals surface area contributed by atoms with Gasteiger partial charge in [-0.2, -0.15) is 0 Å². The Hall–Kier alpha value is -1.77. The number of benzene rings is 2. The van der Waals surface area contributed by atoms with Crippen molar-refractivity contribution < 1.29 is 4.42 Å². The Labute approximate surface area is 125 Å². The van der Waals surface area contributed by atoms with Gasteiger partial charge in [0.2, 0.25) is 0 Å². The molecule has 100 valence electrons. The average molecular weight is 305 g/mol. The van der Waals surface area contributed by atoms with Crippen molar-refractivity contribution in [1.82, 2.24) is 0 Å². The van der Waals surface area contributed by atoms with Crippen molar-refractivity contribution in [3.05, 3.63) is 68.5 Å². The zero-order chi connectivity index (χ0) is 14.3. The van der Waals surface area contributed by atoms with Crippen molar-refractivity contribution in [1.29, 1.82) is 0 Å². The third-order valence-corrected chi connectivity index (χ3v) is 3.75. The molecule has 2 nitrogen and oxygen atoms in total. The van der Waals surface area contributed by atoms with E-state index >= 15 is 0 Å². The van der Waals surface area contributed by atoms with E-state index in [1.54, 1.807) is 42.5 Å². The summed E-state index contributed by atoms with van der Waals surface area (Å²) in [5.74, 6) is 0. The van der Waals surface area contributed by atoms with Crippen molar-refractivity contribution in [3.8, 4) is 11.1 Å². The van der Waals surface area contributed by atoms with Crippen LogP contribution in [0.25, 0.3) is 22.1 Å². The Morgan fingerprint density at radius 1 is 0.950 bits per heavy atom. The highest BCUT2D eigenvalue weighted by Gasteiger charge is 2.13. The Kier molecular flexibility index (Phi) is 3.28. The summed E-state index contributed by atoms with van der Waals surface area (Å²) < 4.78 is 5.37. The Morgan fingerprint density at radius 3 is 2.30 bits per heavy atom. The van der Waals surface area contributed by atoms with Gasteiger partial charge in [-0.05, 0) is 48.4 Å². The fourth-order valence-electron chi connectivity index (χ4n) is 2.27. The van der Waals surface area contributed by atoms with Crippen molar-refractivity contribution in [3.63, 3.8) is 0 Å². The normalized spacial score (nSPS) is 10.9. The maximum absolute atomic E-state index is 12.2. The molecule has 4 heteroatoms. The molecule has 0 N–H and O–H groups in total. The summed E-state index contributed by atoms with van der Waals surface area (Å²) in [5, 5.41) is 2.07. The number of hydrogen-bond acceptors (Lipinski definition) is 2. The lowest BCUT2D eigenvalue weighted by atomic mass is 10.00. The summed E-state index contributed by atoms with van der Waals surface area (Å²) in [6, 6.07) is 12.3. The average Bonchev–Trinajstić information content (AvgIpc) is 2.42. The predicted molar refractivity (Wildman–Crippen MR) is 82.7 cm³/mol. The monoisotopic (exact) mass is 304 g/mol. The predicted octanol–water partition coefficient (Wildman–Crippen LogP) is 5.08. The number of hydrogen-bond donors (Lipinski definition) is 0. The second-order valence-electron chi connectivity index (χ2n) is 4.54. The molecule has 0 saturated heterocycles. The molecule has 3 aromatic rings. The third-order valence-electron chi connectivity index (χ3n) is 3.26. The fourth-order valence-corrected chi connectivity index (χ4v) is 2.57. The molecule has 0 atom stereocenters. The Balaban J connectivity index is 2.35. The standard InChI is InChI=1S/C16H10Cl2O2/c1-9-13-8-12(18)6-7-14(13)20-16(19)15(9)10-2-4-11(17)5-3-10/h2-8H,1H3. The van der Waals surface area contributed by atoms with Crippen LogP contribution in [0.15, 0.2) is 51.7 Å². The molecule has 0 aliphatic carbocycles. The van der Waals surface area contributed by atoms with E-state index in [1.807, 2.05) is 6.92 Å². The van der Waals surface area contributed by atoms with E-state index in [0.29, 0.717) is 21.2 Å². The third kappa shape index (κ3) is 2.21. The second kappa shape index (κ2) is 4.97. The molecular weight excluding hydrogens is 295 g/mol. The SMILES string of the molecule is Cc1c(-c2ccc(Cl)cc2)c(=O)oc2ccc(Cl)cc12. The van der Waals surface area contributed by atoms with Crippen LogP contribution in [0.5, 0.6) is 0 Å². The molecule has 0 unspecified atom stereocenters.